The molecule has 1 aromatic rings. The first-order valence-corrected chi connectivity index (χ1v) is 6.23. The normalized spacial score (nSPS) is 16.8. The van der Waals surface area contributed by atoms with Gasteiger partial charge in [0.2, 0.25) is 0 Å². The molecule has 0 unspecified atom stereocenters. The van der Waals surface area contributed by atoms with Gasteiger partial charge in [0.1, 0.15) is 11.6 Å². The summed E-state index contributed by atoms with van der Waals surface area (Å²) in [4.78, 5) is 2.00. The van der Waals surface area contributed by atoms with E-state index in [-0.39, 0.29) is 35.4 Å². The Kier molecular flexibility index (Phi) is 8.63. The van der Waals surface area contributed by atoms with E-state index >= 15 is 0 Å². The van der Waals surface area contributed by atoms with E-state index in [1.165, 1.54) is 0 Å². The molecule has 1 aromatic carbocycles. The Hall–Kier alpha value is -0.390. The fourth-order valence-electron chi connectivity index (χ4n) is 2.25. The summed E-state index contributed by atoms with van der Waals surface area (Å²) in [6.07, 6.45) is 1.57. The summed E-state index contributed by atoms with van der Waals surface area (Å²) in [5.74, 6) is -1.24. The van der Waals surface area contributed by atoms with Gasteiger partial charge in [-0.15, -0.1) is 31.4 Å². The second kappa shape index (κ2) is 8.80. The highest BCUT2D eigenvalue weighted by Crippen LogP contribution is 2.29. The Labute approximate surface area is 135 Å². The Bertz CT molecular complexity index is 428. The standard InChI is InChI=1S/C13H15ClF2N2.2ClH/c1-2-12(18-5-3-17-4-6-18)13-10(15)7-9(14)8-11(13)16;;/h2,7-8,12,17H,1,3-6H2;2*1H/t12-;;/m1../s1. The molecular formula is C13H17Cl3F2N2. The lowest BCUT2D eigenvalue weighted by Gasteiger charge is -2.33. The van der Waals surface area contributed by atoms with Crippen LogP contribution in [0.25, 0.3) is 0 Å². The lowest BCUT2D eigenvalue weighted by atomic mass is 10.0. The number of rotatable bonds is 3. The van der Waals surface area contributed by atoms with E-state index in [0.29, 0.717) is 0 Å². The lowest BCUT2D eigenvalue weighted by molar-refractivity contribution is 0.197. The number of nitrogens with zero attached hydrogens (tertiary/aromatic N) is 1. The average molecular weight is 346 g/mol. The molecule has 0 saturated carbocycles. The molecule has 2 rings (SSSR count). The van der Waals surface area contributed by atoms with Crippen LogP contribution in [0, 0.1) is 11.6 Å². The minimum absolute atomic E-state index is 0. The summed E-state index contributed by atoms with van der Waals surface area (Å²) < 4.78 is 27.8. The molecule has 2 nitrogen and oxygen atoms in total. The molecule has 1 heterocycles. The zero-order valence-electron chi connectivity index (χ0n) is 10.7. The highest BCUT2D eigenvalue weighted by molar-refractivity contribution is 6.30. The van der Waals surface area contributed by atoms with Gasteiger partial charge in [-0.3, -0.25) is 4.90 Å². The molecule has 0 spiro atoms. The maximum Gasteiger partial charge on any atom is 0.132 e. The van der Waals surface area contributed by atoms with Crippen molar-refractivity contribution in [3.63, 3.8) is 0 Å². The van der Waals surface area contributed by atoms with Crippen LogP contribution < -0.4 is 5.32 Å². The molecule has 1 fully saturated rings. The molecule has 1 aliphatic heterocycles. The van der Waals surface area contributed by atoms with Gasteiger partial charge in [-0.1, -0.05) is 17.7 Å². The molecule has 114 valence electrons. The predicted octanol–water partition coefficient (Wildman–Crippen LogP) is 3.59. The van der Waals surface area contributed by atoms with Crippen molar-refractivity contribution in [1.29, 1.82) is 0 Å². The third-order valence-corrected chi connectivity index (χ3v) is 3.33. The van der Waals surface area contributed by atoms with Crippen molar-refractivity contribution in [1.82, 2.24) is 10.2 Å². The largest absolute Gasteiger partial charge is 0.314 e. The number of benzene rings is 1. The van der Waals surface area contributed by atoms with Gasteiger partial charge < -0.3 is 5.32 Å². The Balaban J connectivity index is 0.00000180. The number of hydrogen-bond acceptors (Lipinski definition) is 2. The first kappa shape index (κ1) is 19.6. The second-order valence-corrected chi connectivity index (χ2v) is 4.69. The van der Waals surface area contributed by atoms with E-state index in [1.54, 1.807) is 6.08 Å². The van der Waals surface area contributed by atoms with E-state index in [1.807, 2.05) is 4.90 Å². The summed E-state index contributed by atoms with van der Waals surface area (Å²) >= 11 is 5.63. The molecule has 0 radical (unpaired) electrons. The minimum Gasteiger partial charge on any atom is -0.314 e. The van der Waals surface area contributed by atoms with E-state index in [2.05, 4.69) is 11.9 Å². The van der Waals surface area contributed by atoms with Gasteiger partial charge in [-0.2, -0.15) is 0 Å². The van der Waals surface area contributed by atoms with Crippen LogP contribution in [-0.4, -0.2) is 31.1 Å². The summed E-state index contributed by atoms with van der Waals surface area (Å²) in [6, 6.07) is 1.82. The van der Waals surface area contributed by atoms with Gasteiger partial charge in [0.25, 0.3) is 0 Å². The highest BCUT2D eigenvalue weighted by Gasteiger charge is 2.25. The van der Waals surface area contributed by atoms with Crippen molar-refractivity contribution in [3.8, 4) is 0 Å². The fraction of sp³-hybridized carbons (Fsp3) is 0.385. The van der Waals surface area contributed by atoms with Crippen molar-refractivity contribution in [2.24, 2.45) is 0 Å². The molecule has 0 aliphatic carbocycles. The van der Waals surface area contributed by atoms with Gasteiger partial charge in [-0.05, 0) is 12.1 Å². The topological polar surface area (TPSA) is 15.3 Å². The monoisotopic (exact) mass is 344 g/mol. The van der Waals surface area contributed by atoms with Crippen LogP contribution in [-0.2, 0) is 0 Å². The van der Waals surface area contributed by atoms with Crippen LogP contribution in [0.15, 0.2) is 24.8 Å². The van der Waals surface area contributed by atoms with E-state index in [0.717, 1.165) is 38.3 Å². The predicted molar refractivity (Wildman–Crippen MR) is 83.2 cm³/mol. The molecule has 1 N–H and O–H groups in total. The molecule has 0 amide bonds. The lowest BCUT2D eigenvalue weighted by Crippen LogP contribution is -2.45. The van der Waals surface area contributed by atoms with Crippen molar-refractivity contribution in [2.45, 2.75) is 6.04 Å². The van der Waals surface area contributed by atoms with Crippen LogP contribution >= 0.6 is 36.4 Å². The van der Waals surface area contributed by atoms with Gasteiger partial charge in [0.05, 0.1) is 6.04 Å². The Morgan fingerprint density at radius 1 is 1.20 bits per heavy atom. The summed E-state index contributed by atoms with van der Waals surface area (Å²) in [5, 5.41) is 3.27. The molecule has 1 atom stereocenters. The van der Waals surface area contributed by atoms with Crippen molar-refractivity contribution < 1.29 is 8.78 Å². The number of piperazine rings is 1. The van der Waals surface area contributed by atoms with Crippen LogP contribution in [0.4, 0.5) is 8.78 Å². The molecule has 0 bridgehead atoms. The van der Waals surface area contributed by atoms with Crippen LogP contribution in [0.1, 0.15) is 11.6 Å². The maximum atomic E-state index is 13.9. The second-order valence-electron chi connectivity index (χ2n) is 4.25. The van der Waals surface area contributed by atoms with Gasteiger partial charge in [0.15, 0.2) is 0 Å². The molecule has 7 heteroatoms. The third-order valence-electron chi connectivity index (χ3n) is 3.11. The maximum absolute atomic E-state index is 13.9. The van der Waals surface area contributed by atoms with Crippen molar-refractivity contribution >= 4 is 36.4 Å². The summed E-state index contributed by atoms with van der Waals surface area (Å²) in [6.45, 7) is 6.77. The van der Waals surface area contributed by atoms with Gasteiger partial charge in [0, 0.05) is 36.8 Å². The minimum atomic E-state index is -0.622. The fourth-order valence-corrected chi connectivity index (χ4v) is 2.44. The number of nitrogens with one attached hydrogen (secondary N) is 1. The van der Waals surface area contributed by atoms with Crippen LogP contribution in [0.2, 0.25) is 5.02 Å². The first-order valence-electron chi connectivity index (χ1n) is 5.85. The van der Waals surface area contributed by atoms with E-state index < -0.39 is 17.7 Å². The molecule has 1 aliphatic rings. The molecular weight excluding hydrogens is 329 g/mol. The third kappa shape index (κ3) is 4.30. The SMILES string of the molecule is C=C[C@H](c1c(F)cc(Cl)cc1F)N1CCNCC1.Cl.Cl. The van der Waals surface area contributed by atoms with E-state index in [9.17, 15) is 8.78 Å². The van der Waals surface area contributed by atoms with E-state index in [4.69, 9.17) is 11.6 Å². The first-order chi connectivity index (χ1) is 8.63. The van der Waals surface area contributed by atoms with Gasteiger partial charge >= 0.3 is 0 Å². The average Bonchev–Trinajstić information content (AvgIpc) is 2.34. The Morgan fingerprint density at radius 3 is 2.15 bits per heavy atom. The summed E-state index contributed by atoms with van der Waals surface area (Å²) in [7, 11) is 0. The smallest absolute Gasteiger partial charge is 0.132 e. The molecule has 1 saturated heterocycles. The molecule has 0 aromatic heterocycles. The van der Waals surface area contributed by atoms with Crippen LogP contribution in [0.3, 0.4) is 0 Å². The zero-order chi connectivity index (χ0) is 13.1. The summed E-state index contributed by atoms with van der Waals surface area (Å²) in [5.41, 5.74) is 0.0244. The number of halogens is 5. The zero-order valence-corrected chi connectivity index (χ0v) is 13.1. The van der Waals surface area contributed by atoms with Crippen molar-refractivity contribution in [2.75, 3.05) is 26.2 Å². The molecule has 20 heavy (non-hydrogen) atoms. The van der Waals surface area contributed by atoms with Crippen LogP contribution in [0.5, 0.6) is 0 Å². The quantitative estimate of drug-likeness (QED) is 0.842. The number of hydrogen-bond donors (Lipinski definition) is 1. The Morgan fingerprint density at radius 2 is 1.70 bits per heavy atom. The van der Waals surface area contributed by atoms with Gasteiger partial charge in [-0.25, -0.2) is 8.78 Å². The highest BCUT2D eigenvalue weighted by atomic mass is 35.5. The van der Waals surface area contributed by atoms with Crippen molar-refractivity contribution in [3.05, 3.63) is 47.0 Å².